The van der Waals surface area contributed by atoms with Gasteiger partial charge in [-0.25, -0.2) is 4.79 Å². The molecular formula is C19H24N4O3. The minimum atomic E-state index is -0.459. The Morgan fingerprint density at radius 2 is 1.85 bits per heavy atom. The molecule has 0 spiro atoms. The van der Waals surface area contributed by atoms with Gasteiger partial charge in [-0.1, -0.05) is 36.4 Å². The average Bonchev–Trinajstić information content (AvgIpc) is 2.64. The van der Waals surface area contributed by atoms with Crippen LogP contribution in [0.5, 0.6) is 0 Å². The Morgan fingerprint density at radius 3 is 2.50 bits per heavy atom. The van der Waals surface area contributed by atoms with E-state index in [1.807, 2.05) is 44.4 Å². The summed E-state index contributed by atoms with van der Waals surface area (Å²) >= 11 is 0. The lowest BCUT2D eigenvalue weighted by Gasteiger charge is -2.23. The number of non-ortho nitro benzene ring substituents is 1. The third kappa shape index (κ3) is 5.86. The van der Waals surface area contributed by atoms with Crippen molar-refractivity contribution in [3.05, 3.63) is 70.3 Å². The summed E-state index contributed by atoms with van der Waals surface area (Å²) in [6, 6.07) is 15.4. The van der Waals surface area contributed by atoms with Crippen LogP contribution in [-0.2, 0) is 6.54 Å². The molecule has 1 N–H and O–H groups in total. The van der Waals surface area contributed by atoms with E-state index >= 15 is 0 Å². The Hall–Kier alpha value is -2.93. The molecule has 2 aromatic rings. The first-order valence-corrected chi connectivity index (χ1v) is 8.46. The summed E-state index contributed by atoms with van der Waals surface area (Å²) in [7, 11) is 3.96. The molecule has 0 fully saturated rings. The van der Waals surface area contributed by atoms with E-state index in [2.05, 4.69) is 10.2 Å². The predicted molar refractivity (Wildman–Crippen MR) is 102 cm³/mol. The summed E-state index contributed by atoms with van der Waals surface area (Å²) < 4.78 is 0. The highest BCUT2D eigenvalue weighted by Crippen LogP contribution is 2.23. The zero-order valence-corrected chi connectivity index (χ0v) is 15.1. The van der Waals surface area contributed by atoms with Crippen molar-refractivity contribution in [2.24, 2.45) is 0 Å². The Labute approximate surface area is 153 Å². The number of nitro benzene ring substituents is 1. The molecule has 7 nitrogen and oxygen atoms in total. The first-order valence-electron chi connectivity index (χ1n) is 8.46. The number of amides is 2. The van der Waals surface area contributed by atoms with Gasteiger partial charge in [0.1, 0.15) is 0 Å². The van der Waals surface area contributed by atoms with E-state index in [4.69, 9.17) is 0 Å². The molecular weight excluding hydrogens is 332 g/mol. The van der Waals surface area contributed by atoms with E-state index in [0.29, 0.717) is 18.8 Å². The number of rotatable bonds is 8. The standard InChI is InChI=1S/C19H24N4O3/c1-21(2)13-7-12-20-19(24)22(15-16-8-4-3-5-9-16)17-10-6-11-18(14-17)23(25)26/h3-6,8-11,14H,7,12-13,15H2,1-2H3,(H,20,24). The van der Waals surface area contributed by atoms with Gasteiger partial charge in [-0.2, -0.15) is 0 Å². The molecule has 0 aliphatic rings. The van der Waals surface area contributed by atoms with E-state index in [1.165, 1.54) is 17.0 Å². The molecule has 0 aliphatic carbocycles. The third-order valence-electron chi connectivity index (χ3n) is 3.84. The number of carbonyl (C=O) groups is 1. The van der Waals surface area contributed by atoms with Crippen molar-refractivity contribution in [2.75, 3.05) is 32.1 Å². The van der Waals surface area contributed by atoms with E-state index in [0.717, 1.165) is 18.5 Å². The lowest BCUT2D eigenvalue weighted by molar-refractivity contribution is -0.384. The number of benzene rings is 2. The normalized spacial score (nSPS) is 10.6. The van der Waals surface area contributed by atoms with Gasteiger partial charge in [0.05, 0.1) is 17.2 Å². The SMILES string of the molecule is CN(C)CCCNC(=O)N(Cc1ccccc1)c1cccc([N+](=O)[O-])c1. The van der Waals surface area contributed by atoms with E-state index in [9.17, 15) is 14.9 Å². The van der Waals surface area contributed by atoms with Crippen LogP contribution in [-0.4, -0.2) is 43.0 Å². The zero-order valence-electron chi connectivity index (χ0n) is 15.1. The predicted octanol–water partition coefficient (Wildman–Crippen LogP) is 3.26. The van der Waals surface area contributed by atoms with Crippen LogP contribution < -0.4 is 10.2 Å². The van der Waals surface area contributed by atoms with Crippen molar-refractivity contribution in [1.82, 2.24) is 10.2 Å². The van der Waals surface area contributed by atoms with Crippen LogP contribution in [0.3, 0.4) is 0 Å². The van der Waals surface area contributed by atoms with Gasteiger partial charge in [-0.15, -0.1) is 0 Å². The van der Waals surface area contributed by atoms with E-state index in [1.54, 1.807) is 12.1 Å². The molecule has 0 heterocycles. The Balaban J connectivity index is 2.17. The second kappa shape index (κ2) is 9.53. The number of nitrogens with one attached hydrogen (secondary N) is 1. The molecule has 0 unspecified atom stereocenters. The molecule has 0 saturated carbocycles. The summed E-state index contributed by atoms with van der Waals surface area (Å²) in [5.74, 6) is 0. The Morgan fingerprint density at radius 1 is 1.12 bits per heavy atom. The topological polar surface area (TPSA) is 78.7 Å². The summed E-state index contributed by atoms with van der Waals surface area (Å²) in [6.07, 6.45) is 0.826. The van der Waals surface area contributed by atoms with Crippen LogP contribution in [0.25, 0.3) is 0 Å². The molecule has 2 aromatic carbocycles. The first kappa shape index (κ1) is 19.4. The molecule has 0 bridgehead atoms. The molecule has 7 heteroatoms. The zero-order chi connectivity index (χ0) is 18.9. The maximum absolute atomic E-state index is 12.7. The Bertz CT molecular complexity index is 735. The van der Waals surface area contributed by atoms with Gasteiger partial charge < -0.3 is 10.2 Å². The van der Waals surface area contributed by atoms with Gasteiger partial charge >= 0.3 is 6.03 Å². The van der Waals surface area contributed by atoms with Gasteiger partial charge in [-0.3, -0.25) is 15.0 Å². The van der Waals surface area contributed by atoms with Gasteiger partial charge in [0.2, 0.25) is 0 Å². The van der Waals surface area contributed by atoms with E-state index in [-0.39, 0.29) is 11.7 Å². The van der Waals surface area contributed by atoms with E-state index < -0.39 is 4.92 Å². The third-order valence-corrected chi connectivity index (χ3v) is 3.84. The van der Waals surface area contributed by atoms with Crippen molar-refractivity contribution in [3.63, 3.8) is 0 Å². The molecule has 0 atom stereocenters. The number of anilines is 1. The number of urea groups is 1. The highest BCUT2D eigenvalue weighted by atomic mass is 16.6. The summed E-state index contributed by atoms with van der Waals surface area (Å²) in [5.41, 5.74) is 1.40. The number of nitro groups is 1. The van der Waals surface area contributed by atoms with Crippen LogP contribution in [0.1, 0.15) is 12.0 Å². The molecule has 0 aliphatic heterocycles. The van der Waals surface area contributed by atoms with Crippen LogP contribution >= 0.6 is 0 Å². The molecule has 0 radical (unpaired) electrons. The second-order valence-corrected chi connectivity index (χ2v) is 6.24. The lowest BCUT2D eigenvalue weighted by atomic mass is 10.2. The first-order chi connectivity index (χ1) is 12.5. The van der Waals surface area contributed by atoms with Crippen LogP contribution in [0.15, 0.2) is 54.6 Å². The number of hydrogen-bond acceptors (Lipinski definition) is 4. The smallest absolute Gasteiger partial charge is 0.322 e. The number of hydrogen-bond donors (Lipinski definition) is 1. The minimum absolute atomic E-state index is 0.0408. The van der Waals surface area contributed by atoms with Gasteiger partial charge in [-0.05, 0) is 38.7 Å². The molecule has 0 aromatic heterocycles. The maximum atomic E-state index is 12.7. The van der Waals surface area contributed by atoms with Gasteiger partial charge in [0.15, 0.2) is 0 Å². The second-order valence-electron chi connectivity index (χ2n) is 6.24. The fourth-order valence-electron chi connectivity index (χ4n) is 2.51. The highest BCUT2D eigenvalue weighted by molar-refractivity contribution is 5.92. The van der Waals surface area contributed by atoms with Crippen molar-refractivity contribution in [3.8, 4) is 0 Å². The Kier molecular flexibility index (Phi) is 7.11. The fourth-order valence-corrected chi connectivity index (χ4v) is 2.51. The van der Waals surface area contributed by atoms with Crippen molar-refractivity contribution in [1.29, 1.82) is 0 Å². The monoisotopic (exact) mass is 356 g/mol. The molecule has 0 saturated heterocycles. The van der Waals surface area contributed by atoms with Crippen molar-refractivity contribution >= 4 is 17.4 Å². The lowest BCUT2D eigenvalue weighted by Crippen LogP contribution is -2.40. The van der Waals surface area contributed by atoms with Crippen LogP contribution in [0.4, 0.5) is 16.2 Å². The van der Waals surface area contributed by atoms with Gasteiger partial charge in [0.25, 0.3) is 5.69 Å². The molecule has 26 heavy (non-hydrogen) atoms. The summed E-state index contributed by atoms with van der Waals surface area (Å²) in [6.45, 7) is 1.74. The quantitative estimate of drug-likeness (QED) is 0.447. The molecule has 138 valence electrons. The van der Waals surface area contributed by atoms with Crippen molar-refractivity contribution in [2.45, 2.75) is 13.0 Å². The van der Waals surface area contributed by atoms with Crippen LogP contribution in [0, 0.1) is 10.1 Å². The van der Waals surface area contributed by atoms with Gasteiger partial charge in [0, 0.05) is 18.7 Å². The van der Waals surface area contributed by atoms with Crippen molar-refractivity contribution < 1.29 is 9.72 Å². The number of nitrogens with zero attached hydrogens (tertiary/aromatic N) is 3. The summed E-state index contributed by atoms with van der Waals surface area (Å²) in [5, 5.41) is 14.0. The summed E-state index contributed by atoms with van der Waals surface area (Å²) in [4.78, 5) is 26.9. The van der Waals surface area contributed by atoms with Crippen LogP contribution in [0.2, 0.25) is 0 Å². The number of carbonyl (C=O) groups excluding carboxylic acids is 1. The maximum Gasteiger partial charge on any atom is 0.322 e. The average molecular weight is 356 g/mol. The minimum Gasteiger partial charge on any atom is -0.338 e. The highest BCUT2D eigenvalue weighted by Gasteiger charge is 2.18. The molecule has 2 rings (SSSR count). The molecule has 2 amide bonds. The fraction of sp³-hybridized carbons (Fsp3) is 0.316. The largest absolute Gasteiger partial charge is 0.338 e.